The first kappa shape index (κ1) is 14.4. The molecule has 0 saturated carbocycles. The van der Waals surface area contributed by atoms with Crippen LogP contribution >= 0.6 is 11.3 Å². The Kier molecular flexibility index (Phi) is 4.25. The van der Waals surface area contributed by atoms with Crippen molar-refractivity contribution in [2.24, 2.45) is 0 Å². The Morgan fingerprint density at radius 3 is 2.91 bits per heavy atom. The summed E-state index contributed by atoms with van der Waals surface area (Å²) in [5.74, 6) is -0.167. The maximum atomic E-state index is 12.2. The molecule has 0 fully saturated rings. The van der Waals surface area contributed by atoms with Crippen molar-refractivity contribution >= 4 is 17.2 Å². The summed E-state index contributed by atoms with van der Waals surface area (Å²) >= 11 is 1.42. The number of nitrogens with zero attached hydrogens (tertiary/aromatic N) is 2. The van der Waals surface area contributed by atoms with Crippen LogP contribution in [-0.2, 0) is 6.54 Å². The zero-order valence-corrected chi connectivity index (χ0v) is 12.9. The number of benzene rings is 1. The Bertz CT molecular complexity index is 783. The van der Waals surface area contributed by atoms with Crippen molar-refractivity contribution in [3.63, 3.8) is 0 Å². The topological polar surface area (TPSA) is 54.9 Å². The van der Waals surface area contributed by atoms with Crippen LogP contribution < -0.4 is 5.32 Å². The molecule has 3 aromatic rings. The smallest absolute Gasteiger partial charge is 0.271 e. The Hall–Kier alpha value is -2.53. The summed E-state index contributed by atoms with van der Waals surface area (Å²) in [7, 11) is 0. The molecule has 1 aromatic carbocycles. The van der Waals surface area contributed by atoms with Crippen LogP contribution in [-0.4, -0.2) is 15.9 Å². The molecule has 0 bridgehead atoms. The monoisotopic (exact) mass is 309 g/mol. The Morgan fingerprint density at radius 1 is 1.23 bits per heavy atom. The highest BCUT2D eigenvalue weighted by Gasteiger charge is 2.12. The van der Waals surface area contributed by atoms with E-state index < -0.39 is 0 Å². The third-order valence-electron chi connectivity index (χ3n) is 3.16. The van der Waals surface area contributed by atoms with Gasteiger partial charge in [-0.05, 0) is 24.6 Å². The largest absolute Gasteiger partial charge is 0.347 e. The van der Waals surface area contributed by atoms with Gasteiger partial charge in [0.05, 0.1) is 5.69 Å². The summed E-state index contributed by atoms with van der Waals surface area (Å²) in [6, 6.07) is 13.7. The van der Waals surface area contributed by atoms with Crippen LogP contribution in [0.2, 0.25) is 0 Å². The van der Waals surface area contributed by atoms with Gasteiger partial charge in [0.15, 0.2) is 0 Å². The standard InChI is InChI=1S/C17H15N3OS/c1-12-5-4-6-13(9-12)10-19-16(21)15-11-22-17(20-15)14-7-2-3-8-18-14/h2-9,11H,10H2,1H3,(H,19,21). The average Bonchev–Trinajstić information content (AvgIpc) is 3.04. The summed E-state index contributed by atoms with van der Waals surface area (Å²) in [5.41, 5.74) is 3.47. The van der Waals surface area contributed by atoms with Crippen LogP contribution in [0.1, 0.15) is 21.6 Å². The lowest BCUT2D eigenvalue weighted by atomic mass is 10.1. The van der Waals surface area contributed by atoms with Crippen molar-refractivity contribution in [1.29, 1.82) is 0 Å². The summed E-state index contributed by atoms with van der Waals surface area (Å²) in [4.78, 5) is 20.8. The van der Waals surface area contributed by atoms with E-state index in [4.69, 9.17) is 0 Å². The summed E-state index contributed by atoms with van der Waals surface area (Å²) < 4.78 is 0. The van der Waals surface area contributed by atoms with Crippen molar-refractivity contribution in [3.05, 3.63) is 70.9 Å². The fraction of sp³-hybridized carbons (Fsp3) is 0.118. The molecule has 1 N–H and O–H groups in total. The fourth-order valence-electron chi connectivity index (χ4n) is 2.08. The number of thiazole rings is 1. The molecule has 0 aliphatic carbocycles. The van der Waals surface area contributed by atoms with Gasteiger partial charge in [0.2, 0.25) is 0 Å². The van der Waals surface area contributed by atoms with Gasteiger partial charge in [0.1, 0.15) is 10.7 Å². The average molecular weight is 309 g/mol. The van der Waals surface area contributed by atoms with Crippen LogP contribution in [0, 0.1) is 6.92 Å². The highest BCUT2D eigenvalue weighted by molar-refractivity contribution is 7.13. The van der Waals surface area contributed by atoms with Crippen LogP contribution in [0.15, 0.2) is 54.0 Å². The minimum absolute atomic E-state index is 0.167. The van der Waals surface area contributed by atoms with Crippen LogP contribution in [0.25, 0.3) is 10.7 Å². The molecule has 5 heteroatoms. The van der Waals surface area contributed by atoms with Gasteiger partial charge in [0, 0.05) is 18.1 Å². The number of pyridine rings is 1. The van der Waals surface area contributed by atoms with Crippen molar-refractivity contribution in [3.8, 4) is 10.7 Å². The predicted molar refractivity (Wildman–Crippen MR) is 87.7 cm³/mol. The molecule has 110 valence electrons. The lowest BCUT2D eigenvalue weighted by Crippen LogP contribution is -2.23. The van der Waals surface area contributed by atoms with E-state index >= 15 is 0 Å². The molecule has 2 heterocycles. The molecule has 0 unspecified atom stereocenters. The molecule has 1 amide bonds. The van der Waals surface area contributed by atoms with Gasteiger partial charge in [-0.25, -0.2) is 4.98 Å². The second-order valence-corrected chi connectivity index (χ2v) is 5.78. The van der Waals surface area contributed by atoms with Gasteiger partial charge in [-0.3, -0.25) is 9.78 Å². The summed E-state index contributed by atoms with van der Waals surface area (Å²) in [6.45, 7) is 2.53. The Morgan fingerprint density at radius 2 is 2.14 bits per heavy atom. The third kappa shape index (κ3) is 3.38. The number of carbonyl (C=O) groups excluding carboxylic acids is 1. The number of carbonyl (C=O) groups is 1. The van der Waals surface area contributed by atoms with Gasteiger partial charge < -0.3 is 5.32 Å². The summed E-state index contributed by atoms with van der Waals surface area (Å²) in [5, 5.41) is 5.40. The predicted octanol–water partition coefficient (Wildman–Crippen LogP) is 3.44. The lowest BCUT2D eigenvalue weighted by molar-refractivity contribution is 0.0946. The van der Waals surface area contributed by atoms with E-state index in [1.165, 1.54) is 16.9 Å². The van der Waals surface area contributed by atoms with Gasteiger partial charge in [-0.2, -0.15) is 0 Å². The van der Waals surface area contributed by atoms with Crippen molar-refractivity contribution in [2.45, 2.75) is 13.5 Å². The Labute approximate surface area is 132 Å². The number of aromatic nitrogens is 2. The maximum absolute atomic E-state index is 12.2. The van der Waals surface area contributed by atoms with Gasteiger partial charge in [0.25, 0.3) is 5.91 Å². The molecule has 2 aromatic heterocycles. The first-order valence-electron chi connectivity index (χ1n) is 6.93. The number of nitrogens with one attached hydrogen (secondary N) is 1. The van der Waals surface area contributed by atoms with Gasteiger partial charge in [-0.1, -0.05) is 35.9 Å². The molecule has 0 atom stereocenters. The summed E-state index contributed by atoms with van der Waals surface area (Å²) in [6.07, 6.45) is 1.72. The minimum Gasteiger partial charge on any atom is -0.347 e. The van der Waals surface area contributed by atoms with Crippen LogP contribution in [0.3, 0.4) is 0 Å². The fourth-order valence-corrected chi connectivity index (χ4v) is 2.86. The number of amides is 1. The molecule has 0 saturated heterocycles. The highest BCUT2D eigenvalue weighted by Crippen LogP contribution is 2.21. The SMILES string of the molecule is Cc1cccc(CNC(=O)c2csc(-c3ccccn3)n2)c1. The molecular formula is C17H15N3OS. The quantitative estimate of drug-likeness (QED) is 0.803. The van der Waals surface area contributed by atoms with E-state index in [1.807, 2.05) is 43.3 Å². The second-order valence-electron chi connectivity index (χ2n) is 4.92. The van der Waals surface area contributed by atoms with E-state index in [0.29, 0.717) is 12.2 Å². The maximum Gasteiger partial charge on any atom is 0.271 e. The second kappa shape index (κ2) is 6.49. The van der Waals surface area contributed by atoms with Crippen LogP contribution in [0.4, 0.5) is 0 Å². The van der Waals surface area contributed by atoms with Crippen molar-refractivity contribution in [1.82, 2.24) is 15.3 Å². The number of hydrogen-bond donors (Lipinski definition) is 1. The molecule has 0 aliphatic rings. The molecular weight excluding hydrogens is 294 g/mol. The van der Waals surface area contributed by atoms with Crippen molar-refractivity contribution in [2.75, 3.05) is 0 Å². The molecule has 0 radical (unpaired) electrons. The number of hydrogen-bond acceptors (Lipinski definition) is 4. The Balaban J connectivity index is 1.67. The zero-order chi connectivity index (χ0) is 15.4. The van der Waals surface area contributed by atoms with E-state index in [1.54, 1.807) is 11.6 Å². The molecule has 0 aliphatic heterocycles. The van der Waals surface area contributed by atoms with Crippen LogP contribution in [0.5, 0.6) is 0 Å². The van der Waals surface area contributed by atoms with Gasteiger partial charge in [-0.15, -0.1) is 11.3 Å². The van der Waals surface area contributed by atoms with E-state index in [-0.39, 0.29) is 5.91 Å². The molecule has 3 rings (SSSR count). The first-order valence-corrected chi connectivity index (χ1v) is 7.81. The molecule has 22 heavy (non-hydrogen) atoms. The normalized spacial score (nSPS) is 10.4. The van der Waals surface area contributed by atoms with E-state index in [9.17, 15) is 4.79 Å². The zero-order valence-electron chi connectivity index (χ0n) is 12.1. The first-order chi connectivity index (χ1) is 10.7. The van der Waals surface area contributed by atoms with Crippen molar-refractivity contribution < 1.29 is 4.79 Å². The van der Waals surface area contributed by atoms with E-state index in [2.05, 4.69) is 21.4 Å². The molecule has 0 spiro atoms. The highest BCUT2D eigenvalue weighted by atomic mass is 32.1. The minimum atomic E-state index is -0.167. The molecule has 4 nitrogen and oxygen atoms in total. The number of rotatable bonds is 4. The number of aryl methyl sites for hydroxylation is 1. The van der Waals surface area contributed by atoms with Gasteiger partial charge >= 0.3 is 0 Å². The lowest BCUT2D eigenvalue weighted by Gasteiger charge is -2.04. The van der Waals surface area contributed by atoms with E-state index in [0.717, 1.165) is 16.3 Å². The third-order valence-corrected chi connectivity index (χ3v) is 4.02.